The molecule has 0 bridgehead atoms. The molecule has 0 aliphatic carbocycles. The van der Waals surface area contributed by atoms with Gasteiger partial charge < -0.3 is 5.73 Å². The smallest absolute Gasteiger partial charge is 0.0480 e. The molecule has 6 rings (SSSR count). The minimum absolute atomic E-state index is 0.789. The molecule has 0 aliphatic rings. The highest BCUT2D eigenvalue weighted by Gasteiger charge is 2.22. The van der Waals surface area contributed by atoms with E-state index in [1.807, 2.05) is 6.07 Å². The summed E-state index contributed by atoms with van der Waals surface area (Å²) < 4.78 is 0. The van der Waals surface area contributed by atoms with Crippen LogP contribution in [0.25, 0.3) is 55.6 Å². The van der Waals surface area contributed by atoms with Crippen LogP contribution >= 0.6 is 0 Å². The van der Waals surface area contributed by atoms with Crippen molar-refractivity contribution in [3.63, 3.8) is 0 Å². The molecule has 0 atom stereocenters. The van der Waals surface area contributed by atoms with Crippen molar-refractivity contribution in [3.05, 3.63) is 152 Å². The average Bonchev–Trinajstić information content (AvgIpc) is 2.99. The van der Waals surface area contributed by atoms with E-state index in [9.17, 15) is 0 Å². The van der Waals surface area contributed by atoms with Crippen molar-refractivity contribution in [2.75, 3.05) is 5.73 Å². The molecule has 0 saturated carbocycles. The first kappa shape index (κ1) is 22.6. The third-order valence-electron chi connectivity index (χ3n) is 6.88. The van der Waals surface area contributed by atoms with E-state index in [-0.39, 0.29) is 0 Å². The average molecular weight is 474 g/mol. The summed E-state index contributed by atoms with van der Waals surface area (Å²) in [6.45, 7) is 0. The van der Waals surface area contributed by atoms with Crippen LogP contribution in [-0.4, -0.2) is 0 Å². The zero-order valence-electron chi connectivity index (χ0n) is 20.5. The highest BCUT2D eigenvalue weighted by atomic mass is 14.6. The molecule has 0 heterocycles. The van der Waals surface area contributed by atoms with Crippen LogP contribution in [0.15, 0.2) is 152 Å². The standard InChI is InChI=1S/C36H27N/c37-36-32(27-17-7-2-8-18-27)25-33(31-24-14-13-23-30(31)26-15-5-1-6-16-26)34(28-19-9-3-10-20-28)35(36)29-21-11-4-12-22-29/h1-25H,37H2. The molecule has 0 unspecified atom stereocenters. The number of nitrogen functional groups attached to an aromatic ring is 1. The monoisotopic (exact) mass is 473 g/mol. The summed E-state index contributed by atoms with van der Waals surface area (Å²) in [6, 6.07) is 53.1. The minimum Gasteiger partial charge on any atom is -0.398 e. The molecule has 1 heteroatoms. The van der Waals surface area contributed by atoms with Crippen molar-refractivity contribution in [2.45, 2.75) is 0 Å². The van der Waals surface area contributed by atoms with Crippen molar-refractivity contribution in [3.8, 4) is 55.6 Å². The number of hydrogen-bond donors (Lipinski definition) is 1. The maximum Gasteiger partial charge on any atom is 0.0480 e. The van der Waals surface area contributed by atoms with Gasteiger partial charge in [-0.1, -0.05) is 146 Å². The molecule has 0 spiro atoms. The molecular formula is C36H27N. The molecule has 0 aliphatic heterocycles. The van der Waals surface area contributed by atoms with Crippen LogP contribution in [-0.2, 0) is 0 Å². The summed E-state index contributed by atoms with van der Waals surface area (Å²) in [5, 5.41) is 0. The van der Waals surface area contributed by atoms with Crippen LogP contribution < -0.4 is 5.73 Å². The van der Waals surface area contributed by atoms with Crippen molar-refractivity contribution >= 4 is 5.69 Å². The Labute approximate surface area is 218 Å². The summed E-state index contributed by atoms with van der Waals surface area (Å²) in [4.78, 5) is 0. The number of hydrogen-bond acceptors (Lipinski definition) is 1. The highest BCUT2D eigenvalue weighted by molar-refractivity contribution is 6.06. The molecule has 0 fully saturated rings. The number of nitrogens with two attached hydrogens (primary N) is 1. The molecule has 6 aromatic carbocycles. The van der Waals surface area contributed by atoms with Crippen molar-refractivity contribution < 1.29 is 0 Å². The lowest BCUT2D eigenvalue weighted by Gasteiger charge is -2.23. The van der Waals surface area contributed by atoms with Crippen LogP contribution in [0, 0.1) is 0 Å². The van der Waals surface area contributed by atoms with Gasteiger partial charge in [-0.05, 0) is 50.6 Å². The van der Waals surface area contributed by atoms with Gasteiger partial charge in [0.2, 0.25) is 0 Å². The van der Waals surface area contributed by atoms with Crippen LogP contribution in [0.3, 0.4) is 0 Å². The van der Waals surface area contributed by atoms with Gasteiger partial charge in [0.15, 0.2) is 0 Å². The van der Waals surface area contributed by atoms with E-state index in [1.165, 1.54) is 16.7 Å². The third-order valence-corrected chi connectivity index (χ3v) is 6.88. The van der Waals surface area contributed by atoms with Crippen LogP contribution in [0.2, 0.25) is 0 Å². The largest absolute Gasteiger partial charge is 0.398 e. The molecule has 37 heavy (non-hydrogen) atoms. The number of rotatable bonds is 5. The van der Waals surface area contributed by atoms with E-state index in [2.05, 4.69) is 146 Å². The molecular weight excluding hydrogens is 446 g/mol. The Kier molecular flexibility index (Phi) is 6.10. The first-order chi connectivity index (χ1) is 18.3. The minimum atomic E-state index is 0.789. The Hall–Kier alpha value is -4.88. The van der Waals surface area contributed by atoms with E-state index in [0.29, 0.717) is 0 Å². The predicted molar refractivity (Wildman–Crippen MR) is 158 cm³/mol. The molecule has 176 valence electrons. The first-order valence-corrected chi connectivity index (χ1v) is 12.6. The highest BCUT2D eigenvalue weighted by Crippen LogP contribution is 2.49. The van der Waals surface area contributed by atoms with Gasteiger partial charge in [0, 0.05) is 16.8 Å². The quantitative estimate of drug-likeness (QED) is 0.248. The lowest BCUT2D eigenvalue weighted by molar-refractivity contribution is 1.53. The fourth-order valence-electron chi connectivity index (χ4n) is 5.16. The van der Waals surface area contributed by atoms with Crippen molar-refractivity contribution in [2.24, 2.45) is 0 Å². The Balaban J connectivity index is 1.77. The first-order valence-electron chi connectivity index (χ1n) is 12.6. The molecule has 1 nitrogen and oxygen atoms in total. The maximum absolute atomic E-state index is 7.08. The van der Waals surface area contributed by atoms with Gasteiger partial charge in [-0.2, -0.15) is 0 Å². The Bertz CT molecular complexity index is 1640. The number of benzene rings is 6. The topological polar surface area (TPSA) is 26.0 Å². The Morgan fingerprint density at radius 1 is 0.297 bits per heavy atom. The molecule has 2 N–H and O–H groups in total. The second kappa shape index (κ2) is 10.0. The van der Waals surface area contributed by atoms with E-state index < -0.39 is 0 Å². The van der Waals surface area contributed by atoms with E-state index in [0.717, 1.165) is 44.6 Å². The second-order valence-corrected chi connectivity index (χ2v) is 9.15. The molecule has 0 saturated heterocycles. The molecule has 6 aromatic rings. The van der Waals surface area contributed by atoms with Crippen LogP contribution in [0.5, 0.6) is 0 Å². The van der Waals surface area contributed by atoms with Gasteiger partial charge in [0.25, 0.3) is 0 Å². The third kappa shape index (κ3) is 4.32. The fourth-order valence-corrected chi connectivity index (χ4v) is 5.16. The Morgan fingerprint density at radius 3 is 1.19 bits per heavy atom. The van der Waals surface area contributed by atoms with Gasteiger partial charge in [-0.15, -0.1) is 0 Å². The van der Waals surface area contributed by atoms with Gasteiger partial charge in [-0.25, -0.2) is 0 Å². The van der Waals surface area contributed by atoms with Gasteiger partial charge in [0.1, 0.15) is 0 Å². The van der Waals surface area contributed by atoms with Crippen LogP contribution in [0.4, 0.5) is 5.69 Å². The van der Waals surface area contributed by atoms with Gasteiger partial charge in [-0.3, -0.25) is 0 Å². The predicted octanol–water partition coefficient (Wildman–Crippen LogP) is 9.60. The van der Waals surface area contributed by atoms with E-state index in [1.54, 1.807) is 0 Å². The lowest BCUT2D eigenvalue weighted by Crippen LogP contribution is -2.00. The van der Waals surface area contributed by atoms with Crippen LogP contribution in [0.1, 0.15) is 0 Å². The molecule has 0 aromatic heterocycles. The van der Waals surface area contributed by atoms with Crippen molar-refractivity contribution in [1.82, 2.24) is 0 Å². The summed E-state index contributed by atoms with van der Waals surface area (Å²) in [5.74, 6) is 0. The normalized spacial score (nSPS) is 10.8. The molecule has 0 amide bonds. The summed E-state index contributed by atoms with van der Waals surface area (Å²) in [6.07, 6.45) is 0. The number of anilines is 1. The maximum atomic E-state index is 7.08. The second-order valence-electron chi connectivity index (χ2n) is 9.15. The zero-order chi connectivity index (χ0) is 25.0. The van der Waals surface area contributed by atoms with E-state index >= 15 is 0 Å². The lowest BCUT2D eigenvalue weighted by atomic mass is 9.81. The summed E-state index contributed by atoms with van der Waals surface area (Å²) in [7, 11) is 0. The fraction of sp³-hybridized carbons (Fsp3) is 0. The zero-order valence-corrected chi connectivity index (χ0v) is 20.5. The summed E-state index contributed by atoms with van der Waals surface area (Å²) in [5.41, 5.74) is 19.2. The van der Waals surface area contributed by atoms with E-state index in [4.69, 9.17) is 5.73 Å². The molecule has 0 radical (unpaired) electrons. The van der Waals surface area contributed by atoms with Crippen molar-refractivity contribution in [1.29, 1.82) is 0 Å². The summed E-state index contributed by atoms with van der Waals surface area (Å²) >= 11 is 0. The Morgan fingerprint density at radius 2 is 0.676 bits per heavy atom. The van der Waals surface area contributed by atoms with Gasteiger partial charge in [0.05, 0.1) is 0 Å². The SMILES string of the molecule is Nc1c(-c2ccccc2)cc(-c2ccccc2-c2ccccc2)c(-c2ccccc2)c1-c1ccccc1. The van der Waals surface area contributed by atoms with Gasteiger partial charge >= 0.3 is 0 Å².